The van der Waals surface area contributed by atoms with E-state index in [9.17, 15) is 0 Å². The Bertz CT molecular complexity index is 493. The molecule has 2 aromatic rings. The van der Waals surface area contributed by atoms with Gasteiger partial charge >= 0.3 is 0 Å². The molecule has 2 rings (SSSR count). The monoisotopic (exact) mass is 259 g/mol. The number of rotatable bonds is 6. The molecule has 1 aromatic carbocycles. The van der Waals surface area contributed by atoms with Gasteiger partial charge in [0.1, 0.15) is 0 Å². The van der Waals surface area contributed by atoms with E-state index in [0.717, 1.165) is 25.1 Å². The van der Waals surface area contributed by atoms with Crippen molar-refractivity contribution in [2.45, 2.75) is 45.1 Å². The second kappa shape index (κ2) is 6.48. The Balaban J connectivity index is 1.97. The van der Waals surface area contributed by atoms with Gasteiger partial charge in [-0.1, -0.05) is 42.4 Å². The fraction of sp³-hybridized carbons (Fsp3) is 0.467. The van der Waals surface area contributed by atoms with Crippen molar-refractivity contribution in [2.24, 2.45) is 5.73 Å². The van der Waals surface area contributed by atoms with E-state index in [1.807, 2.05) is 25.1 Å². The van der Waals surface area contributed by atoms with Crippen molar-refractivity contribution in [3.8, 4) is 0 Å². The SMILES string of the molecule is CCC(c1nc(CCc2ccccc2)no1)C(C)N. The molecule has 4 nitrogen and oxygen atoms in total. The fourth-order valence-electron chi connectivity index (χ4n) is 2.19. The van der Waals surface area contributed by atoms with Gasteiger partial charge < -0.3 is 10.3 Å². The third kappa shape index (κ3) is 3.64. The van der Waals surface area contributed by atoms with Crippen LogP contribution in [-0.2, 0) is 12.8 Å². The first kappa shape index (κ1) is 13.7. The topological polar surface area (TPSA) is 64.9 Å². The molecule has 2 atom stereocenters. The number of aromatic nitrogens is 2. The van der Waals surface area contributed by atoms with Crippen LogP contribution in [0.3, 0.4) is 0 Å². The van der Waals surface area contributed by atoms with Gasteiger partial charge in [0.25, 0.3) is 0 Å². The molecule has 2 N–H and O–H groups in total. The predicted molar refractivity (Wildman–Crippen MR) is 74.8 cm³/mol. The molecule has 0 bridgehead atoms. The van der Waals surface area contributed by atoms with E-state index >= 15 is 0 Å². The average molecular weight is 259 g/mol. The lowest BCUT2D eigenvalue weighted by molar-refractivity contribution is 0.331. The van der Waals surface area contributed by atoms with Crippen LogP contribution in [0.1, 0.15) is 43.5 Å². The molecule has 0 amide bonds. The normalized spacial score (nSPS) is 14.3. The van der Waals surface area contributed by atoms with Gasteiger partial charge in [0.05, 0.1) is 5.92 Å². The fourth-order valence-corrected chi connectivity index (χ4v) is 2.19. The van der Waals surface area contributed by atoms with Crippen molar-refractivity contribution in [1.29, 1.82) is 0 Å². The lowest BCUT2D eigenvalue weighted by Crippen LogP contribution is -2.24. The van der Waals surface area contributed by atoms with Gasteiger partial charge in [-0.05, 0) is 25.3 Å². The van der Waals surface area contributed by atoms with Gasteiger partial charge in [-0.25, -0.2) is 0 Å². The minimum absolute atomic E-state index is 0.0347. The highest BCUT2D eigenvalue weighted by molar-refractivity contribution is 5.15. The molecule has 0 spiro atoms. The second-order valence-electron chi connectivity index (χ2n) is 4.91. The highest BCUT2D eigenvalue weighted by Gasteiger charge is 2.20. The van der Waals surface area contributed by atoms with Crippen LogP contribution in [0.4, 0.5) is 0 Å². The summed E-state index contributed by atoms with van der Waals surface area (Å²) < 4.78 is 5.33. The van der Waals surface area contributed by atoms with Crippen molar-refractivity contribution in [2.75, 3.05) is 0 Å². The van der Waals surface area contributed by atoms with Gasteiger partial charge in [0.2, 0.25) is 5.89 Å². The molecule has 2 unspecified atom stereocenters. The Morgan fingerprint density at radius 3 is 2.58 bits per heavy atom. The Hall–Kier alpha value is -1.68. The van der Waals surface area contributed by atoms with Gasteiger partial charge in [-0.2, -0.15) is 4.98 Å². The van der Waals surface area contributed by atoms with E-state index in [1.54, 1.807) is 0 Å². The van der Waals surface area contributed by atoms with E-state index in [4.69, 9.17) is 10.3 Å². The van der Waals surface area contributed by atoms with Gasteiger partial charge in [-0.3, -0.25) is 0 Å². The van der Waals surface area contributed by atoms with E-state index in [-0.39, 0.29) is 12.0 Å². The number of hydrogen-bond acceptors (Lipinski definition) is 4. The molecule has 0 fully saturated rings. The zero-order chi connectivity index (χ0) is 13.7. The molecule has 1 aromatic heterocycles. The number of aryl methyl sites for hydroxylation is 2. The first-order chi connectivity index (χ1) is 9.20. The first-order valence-corrected chi connectivity index (χ1v) is 6.82. The highest BCUT2D eigenvalue weighted by Crippen LogP contribution is 2.20. The van der Waals surface area contributed by atoms with Crippen molar-refractivity contribution in [3.05, 3.63) is 47.6 Å². The van der Waals surface area contributed by atoms with Gasteiger partial charge in [0, 0.05) is 12.5 Å². The van der Waals surface area contributed by atoms with Crippen LogP contribution in [0.2, 0.25) is 0 Å². The minimum atomic E-state index is 0.0347. The summed E-state index contributed by atoms with van der Waals surface area (Å²) in [6.45, 7) is 4.06. The summed E-state index contributed by atoms with van der Waals surface area (Å²) in [5, 5.41) is 4.04. The van der Waals surface area contributed by atoms with Crippen LogP contribution >= 0.6 is 0 Å². The summed E-state index contributed by atoms with van der Waals surface area (Å²) in [5.74, 6) is 1.58. The van der Waals surface area contributed by atoms with E-state index in [0.29, 0.717) is 5.89 Å². The van der Waals surface area contributed by atoms with Crippen LogP contribution in [0.15, 0.2) is 34.9 Å². The number of hydrogen-bond donors (Lipinski definition) is 1. The van der Waals surface area contributed by atoms with Crippen LogP contribution < -0.4 is 5.73 Å². The zero-order valence-corrected chi connectivity index (χ0v) is 11.5. The van der Waals surface area contributed by atoms with Crippen LogP contribution in [0.5, 0.6) is 0 Å². The van der Waals surface area contributed by atoms with Gasteiger partial charge in [0.15, 0.2) is 5.82 Å². The van der Waals surface area contributed by atoms with Crippen LogP contribution in [-0.4, -0.2) is 16.2 Å². The maximum Gasteiger partial charge on any atom is 0.231 e. The third-order valence-electron chi connectivity index (χ3n) is 3.36. The van der Waals surface area contributed by atoms with Gasteiger partial charge in [-0.15, -0.1) is 0 Å². The molecule has 4 heteroatoms. The summed E-state index contributed by atoms with van der Waals surface area (Å²) >= 11 is 0. The molecule has 102 valence electrons. The minimum Gasteiger partial charge on any atom is -0.339 e. The largest absolute Gasteiger partial charge is 0.339 e. The molecular weight excluding hydrogens is 238 g/mol. The molecule has 0 aliphatic carbocycles. The van der Waals surface area contributed by atoms with Crippen molar-refractivity contribution in [1.82, 2.24) is 10.1 Å². The quantitative estimate of drug-likeness (QED) is 0.866. The smallest absolute Gasteiger partial charge is 0.231 e. The average Bonchev–Trinajstić information content (AvgIpc) is 2.87. The summed E-state index contributed by atoms with van der Waals surface area (Å²) in [7, 11) is 0. The summed E-state index contributed by atoms with van der Waals surface area (Å²) in [5.41, 5.74) is 7.21. The molecule has 0 radical (unpaired) electrons. The van der Waals surface area contributed by atoms with Crippen molar-refractivity contribution in [3.63, 3.8) is 0 Å². The molecule has 0 saturated heterocycles. The van der Waals surface area contributed by atoms with Crippen LogP contribution in [0, 0.1) is 0 Å². The van der Waals surface area contributed by atoms with Crippen molar-refractivity contribution < 1.29 is 4.52 Å². The number of nitrogens with two attached hydrogens (primary N) is 1. The van der Waals surface area contributed by atoms with Crippen molar-refractivity contribution >= 4 is 0 Å². The number of benzene rings is 1. The highest BCUT2D eigenvalue weighted by atomic mass is 16.5. The van der Waals surface area contributed by atoms with E-state index in [1.165, 1.54) is 5.56 Å². The summed E-state index contributed by atoms with van der Waals surface area (Å²) in [4.78, 5) is 4.46. The van der Waals surface area contributed by atoms with Crippen LogP contribution in [0.25, 0.3) is 0 Å². The summed E-state index contributed by atoms with van der Waals surface area (Å²) in [6.07, 6.45) is 2.63. The van der Waals surface area contributed by atoms with E-state index in [2.05, 4.69) is 29.2 Å². The maximum absolute atomic E-state index is 5.93. The summed E-state index contributed by atoms with van der Waals surface area (Å²) in [6, 6.07) is 10.4. The third-order valence-corrected chi connectivity index (χ3v) is 3.36. The second-order valence-corrected chi connectivity index (χ2v) is 4.91. The Kier molecular flexibility index (Phi) is 4.68. The Morgan fingerprint density at radius 2 is 1.95 bits per heavy atom. The standard InChI is InChI=1S/C15H21N3O/c1-3-13(11(2)16)15-17-14(18-19-15)10-9-12-7-5-4-6-8-12/h4-8,11,13H,3,9-10,16H2,1-2H3. The molecule has 0 saturated carbocycles. The zero-order valence-electron chi connectivity index (χ0n) is 11.5. The lowest BCUT2D eigenvalue weighted by Gasteiger charge is -2.13. The Labute approximate surface area is 114 Å². The molecule has 19 heavy (non-hydrogen) atoms. The number of nitrogens with zero attached hydrogens (tertiary/aromatic N) is 2. The molecule has 0 aliphatic rings. The first-order valence-electron chi connectivity index (χ1n) is 6.82. The lowest BCUT2D eigenvalue weighted by atomic mass is 9.99. The predicted octanol–water partition coefficient (Wildman–Crippen LogP) is 2.70. The molecule has 0 aliphatic heterocycles. The maximum atomic E-state index is 5.93. The molecule has 1 heterocycles. The molecular formula is C15H21N3O. The van der Waals surface area contributed by atoms with E-state index < -0.39 is 0 Å². The Morgan fingerprint density at radius 1 is 1.21 bits per heavy atom.